The van der Waals surface area contributed by atoms with Crippen molar-refractivity contribution < 1.29 is 0 Å². The second-order valence-electron chi connectivity index (χ2n) is 8.94. The van der Waals surface area contributed by atoms with E-state index in [0.29, 0.717) is 22.9 Å². The van der Waals surface area contributed by atoms with Crippen LogP contribution in [0.4, 0.5) is 5.95 Å². The molecule has 28 heavy (non-hydrogen) atoms. The number of H-pyrrole nitrogens is 1. The molecule has 3 aromatic rings. The summed E-state index contributed by atoms with van der Waals surface area (Å²) in [5, 5.41) is 13.4. The Kier molecular flexibility index (Phi) is 4.47. The highest BCUT2D eigenvalue weighted by Crippen LogP contribution is 2.34. The van der Waals surface area contributed by atoms with Crippen LogP contribution in [0.1, 0.15) is 59.3 Å². The van der Waals surface area contributed by atoms with Crippen LogP contribution < -0.4 is 10.5 Å². The van der Waals surface area contributed by atoms with Crippen molar-refractivity contribution in [1.29, 1.82) is 0 Å². The van der Waals surface area contributed by atoms with Gasteiger partial charge in [-0.3, -0.25) is 9.78 Å². The largest absolute Gasteiger partial charge is 0.332 e. The average Bonchev–Trinajstić information content (AvgIpc) is 3.31. The molecule has 4 rings (SSSR count). The zero-order valence-corrected chi connectivity index (χ0v) is 17.2. The van der Waals surface area contributed by atoms with Gasteiger partial charge in [0.15, 0.2) is 11.5 Å². The van der Waals surface area contributed by atoms with Crippen LogP contribution in [0.15, 0.2) is 17.3 Å². The molecule has 1 unspecified atom stereocenters. The summed E-state index contributed by atoms with van der Waals surface area (Å²) in [4.78, 5) is 22.6. The van der Waals surface area contributed by atoms with E-state index >= 15 is 0 Å². The number of anilines is 1. The van der Waals surface area contributed by atoms with E-state index in [2.05, 4.69) is 64.4 Å². The Hall–Kier alpha value is -2.71. The topological polar surface area (TPSA) is 97.5 Å². The molecule has 9 nitrogen and oxygen atoms in total. The van der Waals surface area contributed by atoms with Crippen molar-refractivity contribution in [3.05, 3.63) is 28.7 Å². The van der Waals surface area contributed by atoms with Crippen molar-refractivity contribution in [3.63, 3.8) is 0 Å². The van der Waals surface area contributed by atoms with Crippen molar-refractivity contribution in [3.8, 4) is 0 Å². The van der Waals surface area contributed by atoms with Gasteiger partial charge >= 0.3 is 0 Å². The van der Waals surface area contributed by atoms with Gasteiger partial charge in [0, 0.05) is 13.1 Å². The molecule has 4 heterocycles. The molecule has 150 valence electrons. The van der Waals surface area contributed by atoms with Crippen molar-refractivity contribution >= 4 is 17.0 Å². The molecule has 1 aliphatic heterocycles. The SMILES string of the molecule is CC(C)Cn1cnnc1C1CCCN1c1nc2c(cnn2C(C)(C)C)c(=O)[nH]1. The summed E-state index contributed by atoms with van der Waals surface area (Å²) in [7, 11) is 0. The van der Waals surface area contributed by atoms with Crippen LogP contribution in [0, 0.1) is 5.92 Å². The van der Waals surface area contributed by atoms with Crippen LogP contribution in [-0.2, 0) is 12.1 Å². The van der Waals surface area contributed by atoms with Gasteiger partial charge in [-0.2, -0.15) is 10.1 Å². The number of hydrogen-bond acceptors (Lipinski definition) is 6. The zero-order valence-electron chi connectivity index (χ0n) is 17.2. The molecule has 1 aliphatic rings. The fourth-order valence-electron chi connectivity index (χ4n) is 3.88. The monoisotopic (exact) mass is 384 g/mol. The van der Waals surface area contributed by atoms with E-state index < -0.39 is 0 Å². The maximum atomic E-state index is 12.7. The lowest BCUT2D eigenvalue weighted by atomic mass is 10.1. The fraction of sp³-hybridized carbons (Fsp3) is 0.632. The van der Waals surface area contributed by atoms with Gasteiger partial charge in [-0.25, -0.2) is 4.68 Å². The highest BCUT2D eigenvalue weighted by atomic mass is 16.1. The van der Waals surface area contributed by atoms with Gasteiger partial charge in [0.1, 0.15) is 11.7 Å². The lowest BCUT2D eigenvalue weighted by molar-refractivity contribution is 0.366. The minimum atomic E-state index is -0.262. The zero-order chi connectivity index (χ0) is 20.1. The summed E-state index contributed by atoms with van der Waals surface area (Å²) in [6, 6.07) is 0.0489. The molecule has 1 saturated heterocycles. The molecule has 0 bridgehead atoms. The van der Waals surface area contributed by atoms with E-state index in [4.69, 9.17) is 4.98 Å². The van der Waals surface area contributed by atoms with E-state index in [1.807, 2.05) is 4.68 Å². The molecule has 0 radical (unpaired) electrons. The summed E-state index contributed by atoms with van der Waals surface area (Å²) < 4.78 is 3.93. The van der Waals surface area contributed by atoms with Gasteiger partial charge in [0.25, 0.3) is 5.56 Å². The number of nitrogens with one attached hydrogen (secondary N) is 1. The smallest absolute Gasteiger partial charge is 0.263 e. The van der Waals surface area contributed by atoms with Crippen LogP contribution in [0.25, 0.3) is 11.0 Å². The normalized spacial score (nSPS) is 17.9. The Morgan fingerprint density at radius 2 is 2.11 bits per heavy atom. The third-order valence-electron chi connectivity index (χ3n) is 5.09. The highest BCUT2D eigenvalue weighted by Gasteiger charge is 2.32. The molecule has 1 atom stereocenters. The summed E-state index contributed by atoms with van der Waals surface area (Å²) in [6.07, 6.45) is 5.35. The van der Waals surface area contributed by atoms with Crippen LogP contribution in [0.2, 0.25) is 0 Å². The maximum absolute atomic E-state index is 12.7. The number of nitrogens with zero attached hydrogens (tertiary/aromatic N) is 7. The quantitative estimate of drug-likeness (QED) is 0.742. The predicted molar refractivity (Wildman–Crippen MR) is 107 cm³/mol. The Morgan fingerprint density at radius 3 is 2.82 bits per heavy atom. The molecular formula is C19H28N8O. The Labute approximate surface area is 163 Å². The number of aromatic amines is 1. The third-order valence-corrected chi connectivity index (χ3v) is 5.09. The molecule has 1 N–H and O–H groups in total. The first-order valence-corrected chi connectivity index (χ1v) is 9.88. The fourth-order valence-corrected chi connectivity index (χ4v) is 3.88. The number of hydrogen-bond donors (Lipinski definition) is 1. The first-order chi connectivity index (χ1) is 13.3. The molecule has 1 fully saturated rings. The van der Waals surface area contributed by atoms with Gasteiger partial charge in [0.05, 0.1) is 17.8 Å². The van der Waals surface area contributed by atoms with Gasteiger partial charge in [-0.1, -0.05) is 13.8 Å². The van der Waals surface area contributed by atoms with Gasteiger partial charge < -0.3 is 9.47 Å². The molecule has 0 spiro atoms. The number of aromatic nitrogens is 7. The first kappa shape index (κ1) is 18.6. The van der Waals surface area contributed by atoms with Crippen LogP contribution in [0.3, 0.4) is 0 Å². The highest BCUT2D eigenvalue weighted by molar-refractivity contribution is 5.74. The maximum Gasteiger partial charge on any atom is 0.263 e. The molecule has 3 aromatic heterocycles. The third kappa shape index (κ3) is 3.18. The van der Waals surface area contributed by atoms with E-state index in [9.17, 15) is 4.79 Å². The molecule has 9 heteroatoms. The van der Waals surface area contributed by atoms with Gasteiger partial charge in [-0.15, -0.1) is 10.2 Å². The standard InChI is InChI=1S/C19H28N8O/c1-12(2)10-25-11-20-24-16(25)14-7-6-8-26(14)18-22-15-13(17(28)23-18)9-21-27(15)19(3,4)5/h9,11-12,14H,6-8,10H2,1-5H3,(H,22,23,28). The van der Waals surface area contributed by atoms with Gasteiger partial charge in [0.2, 0.25) is 5.95 Å². The Morgan fingerprint density at radius 1 is 1.32 bits per heavy atom. The summed E-state index contributed by atoms with van der Waals surface area (Å²) >= 11 is 0. The van der Waals surface area contributed by atoms with Crippen LogP contribution >= 0.6 is 0 Å². The summed E-state index contributed by atoms with van der Waals surface area (Å²) in [5.41, 5.74) is 0.187. The minimum Gasteiger partial charge on any atom is -0.332 e. The summed E-state index contributed by atoms with van der Waals surface area (Å²) in [5.74, 6) is 2.00. The van der Waals surface area contributed by atoms with Crippen molar-refractivity contribution in [2.45, 2.75) is 65.6 Å². The van der Waals surface area contributed by atoms with Crippen molar-refractivity contribution in [2.75, 3.05) is 11.4 Å². The molecule has 0 amide bonds. The molecule has 0 aromatic carbocycles. The van der Waals surface area contributed by atoms with E-state index in [1.54, 1.807) is 12.5 Å². The second kappa shape index (κ2) is 6.72. The van der Waals surface area contributed by atoms with E-state index in [1.165, 1.54) is 0 Å². The number of rotatable bonds is 4. The first-order valence-electron chi connectivity index (χ1n) is 9.88. The summed E-state index contributed by atoms with van der Waals surface area (Å²) in [6.45, 7) is 12.2. The second-order valence-corrected chi connectivity index (χ2v) is 8.94. The molecule has 0 aliphatic carbocycles. The lowest BCUT2D eigenvalue weighted by Gasteiger charge is -2.26. The average molecular weight is 384 g/mol. The van der Waals surface area contributed by atoms with Gasteiger partial charge in [-0.05, 0) is 39.5 Å². The van der Waals surface area contributed by atoms with E-state index in [0.717, 1.165) is 31.8 Å². The van der Waals surface area contributed by atoms with E-state index in [-0.39, 0.29) is 17.1 Å². The van der Waals surface area contributed by atoms with Crippen LogP contribution in [-0.4, -0.2) is 41.1 Å². The lowest BCUT2D eigenvalue weighted by Crippen LogP contribution is -2.30. The van der Waals surface area contributed by atoms with Crippen molar-refractivity contribution in [1.82, 2.24) is 34.5 Å². The predicted octanol–water partition coefficient (Wildman–Crippen LogP) is 2.46. The minimum absolute atomic E-state index is 0.0489. The Bertz CT molecular complexity index is 1040. The Balaban J connectivity index is 1.77. The molecule has 0 saturated carbocycles. The number of fused-ring (bicyclic) bond motifs is 1. The molecular weight excluding hydrogens is 356 g/mol. The van der Waals surface area contributed by atoms with Crippen LogP contribution in [0.5, 0.6) is 0 Å². The van der Waals surface area contributed by atoms with Crippen molar-refractivity contribution in [2.24, 2.45) is 5.92 Å².